The maximum absolute atomic E-state index is 6.09. The highest BCUT2D eigenvalue weighted by molar-refractivity contribution is 6.05. The van der Waals surface area contributed by atoms with Crippen LogP contribution in [0.5, 0.6) is 0 Å². The van der Waals surface area contributed by atoms with Crippen molar-refractivity contribution in [3.63, 3.8) is 0 Å². The Morgan fingerprint density at radius 3 is 2.28 bits per heavy atom. The fraction of sp³-hybridized carbons (Fsp3) is 0.346. The van der Waals surface area contributed by atoms with E-state index in [1.54, 1.807) is 14.2 Å². The monoisotopic (exact) mass is 390 g/mol. The van der Waals surface area contributed by atoms with E-state index < -0.39 is 0 Å². The van der Waals surface area contributed by atoms with Gasteiger partial charge in [-0.15, -0.1) is 0 Å². The molecule has 0 unspecified atom stereocenters. The topological polar surface area (TPSA) is 44.0 Å². The number of methoxy groups -OCH3 is 2. The molecule has 3 nitrogen and oxygen atoms in total. The molecule has 0 saturated carbocycles. The maximum Gasteiger partial charge on any atom is 0.242 e. The molecule has 29 heavy (non-hydrogen) atoms. The zero-order valence-corrected chi connectivity index (χ0v) is 18.6. The van der Waals surface area contributed by atoms with E-state index in [2.05, 4.69) is 58.9 Å². The highest BCUT2D eigenvalue weighted by atomic mass is 16.5. The number of aryl methyl sites for hydroxylation is 3. The van der Waals surface area contributed by atoms with Crippen molar-refractivity contribution in [2.24, 2.45) is 0 Å². The molecule has 0 radical (unpaired) electrons. The van der Waals surface area contributed by atoms with Gasteiger partial charge in [0.25, 0.3) is 0 Å². The molecule has 0 aliphatic heterocycles. The molecule has 0 amide bonds. The van der Waals surface area contributed by atoms with Crippen molar-refractivity contribution < 1.29 is 14.9 Å². The Hall–Kier alpha value is -2.81. The summed E-state index contributed by atoms with van der Waals surface area (Å²) in [6, 6.07) is 6.92. The van der Waals surface area contributed by atoms with Crippen LogP contribution in [0.15, 0.2) is 47.4 Å². The average Bonchev–Trinajstić information content (AvgIpc) is 2.68. The van der Waals surface area contributed by atoms with Gasteiger partial charge in [-0.05, 0) is 71.4 Å². The average molecular weight is 391 g/mol. The van der Waals surface area contributed by atoms with Gasteiger partial charge in [0.05, 0.1) is 20.3 Å². The lowest BCUT2D eigenvalue weighted by molar-refractivity contribution is -0.114. The first kappa shape index (κ1) is 20.9. The third kappa shape index (κ3) is 3.87. The van der Waals surface area contributed by atoms with Gasteiger partial charge in [-0.2, -0.15) is 0 Å². The largest absolute Gasteiger partial charge is 0.496 e. The lowest BCUT2D eigenvalue weighted by Gasteiger charge is -2.21. The number of hydrogen-bond acceptors (Lipinski definition) is 2. The number of ether oxygens (including phenoxy) is 2. The van der Waals surface area contributed by atoms with Crippen LogP contribution in [0.3, 0.4) is 0 Å². The highest BCUT2D eigenvalue weighted by Gasteiger charge is 2.22. The fourth-order valence-electron chi connectivity index (χ4n) is 4.28. The number of rotatable bonds is 5. The Kier molecular flexibility index (Phi) is 5.97. The van der Waals surface area contributed by atoms with E-state index in [0.29, 0.717) is 17.4 Å². The summed E-state index contributed by atoms with van der Waals surface area (Å²) in [5, 5.41) is 8.79. The van der Waals surface area contributed by atoms with Crippen molar-refractivity contribution >= 4 is 22.6 Å². The van der Waals surface area contributed by atoms with E-state index in [1.807, 2.05) is 12.2 Å². The third-order valence-corrected chi connectivity index (χ3v) is 5.59. The van der Waals surface area contributed by atoms with Gasteiger partial charge < -0.3 is 9.47 Å². The Bertz CT molecular complexity index is 1070. The first-order chi connectivity index (χ1) is 13.8. The molecule has 0 heterocycles. The summed E-state index contributed by atoms with van der Waals surface area (Å²) in [6.07, 6.45) is 7.01. The van der Waals surface area contributed by atoms with Gasteiger partial charge >= 0.3 is 0 Å². The first-order valence-electron chi connectivity index (χ1n) is 10.2. The molecule has 0 aromatic heterocycles. The smallest absolute Gasteiger partial charge is 0.242 e. The van der Waals surface area contributed by atoms with Crippen LogP contribution in [0.25, 0.3) is 16.8 Å². The molecule has 0 spiro atoms. The predicted molar refractivity (Wildman–Crippen MR) is 122 cm³/mol. The van der Waals surface area contributed by atoms with Crippen LogP contribution in [0.1, 0.15) is 54.5 Å². The summed E-state index contributed by atoms with van der Waals surface area (Å²) < 4.78 is 11.1. The highest BCUT2D eigenvalue weighted by Crippen LogP contribution is 2.37. The molecule has 2 N–H and O–H groups in total. The molecule has 152 valence electrons. The van der Waals surface area contributed by atoms with Gasteiger partial charge in [-0.3, -0.25) is 5.41 Å². The standard InChI is InChI=1S/C26H31NO2/c1-8-18-9-16(4)10-20-11-17(5)21(25(15(2)3)26(18)20)12-19-13-24(29-7)22(27)14-23(19)28-6/h9-15,27H,8H2,1-7H3/p+1. The van der Waals surface area contributed by atoms with E-state index in [0.717, 1.165) is 17.8 Å². The van der Waals surface area contributed by atoms with Crippen LogP contribution < -0.4 is 5.41 Å². The van der Waals surface area contributed by atoms with Crippen LogP contribution in [0, 0.1) is 13.8 Å². The quantitative estimate of drug-likeness (QED) is 0.797. The minimum atomic E-state index is 0.387. The second kappa shape index (κ2) is 8.28. The van der Waals surface area contributed by atoms with Crippen molar-refractivity contribution in [2.75, 3.05) is 14.2 Å². The molecular formula is C26H32NO2+. The van der Waals surface area contributed by atoms with Crippen molar-refractivity contribution in [1.82, 2.24) is 0 Å². The van der Waals surface area contributed by atoms with E-state index >= 15 is 0 Å². The van der Waals surface area contributed by atoms with Crippen LogP contribution >= 0.6 is 0 Å². The Labute approximate surface area is 174 Å². The summed E-state index contributed by atoms with van der Waals surface area (Å²) in [5.74, 6) is 1.79. The van der Waals surface area contributed by atoms with Gasteiger partial charge in [0.1, 0.15) is 5.76 Å². The molecule has 0 atom stereocenters. The minimum Gasteiger partial charge on any atom is -0.496 e. The van der Waals surface area contributed by atoms with Crippen molar-refractivity contribution in [3.8, 4) is 0 Å². The number of fused-ring (bicyclic) bond motifs is 1. The van der Waals surface area contributed by atoms with Crippen molar-refractivity contribution in [1.29, 1.82) is 0 Å². The molecule has 2 aromatic carbocycles. The molecule has 1 aliphatic rings. The minimum absolute atomic E-state index is 0.387. The summed E-state index contributed by atoms with van der Waals surface area (Å²) in [4.78, 5) is 0. The Morgan fingerprint density at radius 2 is 1.69 bits per heavy atom. The second-order valence-electron chi connectivity index (χ2n) is 8.03. The van der Waals surface area contributed by atoms with Crippen molar-refractivity contribution in [3.05, 3.63) is 75.3 Å². The zero-order chi connectivity index (χ0) is 21.3. The van der Waals surface area contributed by atoms with Crippen LogP contribution in [0.4, 0.5) is 0 Å². The molecule has 0 bridgehead atoms. The lowest BCUT2D eigenvalue weighted by Crippen LogP contribution is -2.41. The zero-order valence-electron chi connectivity index (χ0n) is 18.6. The SMILES string of the molecule is CCc1cc(C)cc2cc(C)c(C=C3C=C(OC)C(=[NH2+])C=C3OC)c(C(C)C)c12. The number of allylic oxidation sites excluding steroid dienone is 2. The first-order valence-corrected chi connectivity index (χ1v) is 10.2. The maximum atomic E-state index is 6.09. The number of benzene rings is 2. The molecule has 2 aromatic rings. The summed E-state index contributed by atoms with van der Waals surface area (Å²) in [5.41, 5.74) is 8.14. The molecule has 1 aliphatic carbocycles. The van der Waals surface area contributed by atoms with E-state index in [-0.39, 0.29) is 0 Å². The molecular weight excluding hydrogens is 358 g/mol. The third-order valence-electron chi connectivity index (χ3n) is 5.59. The van der Waals surface area contributed by atoms with Crippen molar-refractivity contribution in [2.45, 2.75) is 47.0 Å². The van der Waals surface area contributed by atoms with Gasteiger partial charge in [-0.1, -0.05) is 44.5 Å². The molecule has 0 saturated heterocycles. The van der Waals surface area contributed by atoms with Crippen LogP contribution in [0.2, 0.25) is 0 Å². The molecule has 0 fully saturated rings. The lowest BCUT2D eigenvalue weighted by atomic mass is 9.84. The summed E-state index contributed by atoms with van der Waals surface area (Å²) in [7, 11) is 3.31. The summed E-state index contributed by atoms with van der Waals surface area (Å²) in [6.45, 7) is 11.1. The van der Waals surface area contributed by atoms with Crippen LogP contribution in [-0.4, -0.2) is 19.9 Å². The van der Waals surface area contributed by atoms with Crippen LogP contribution in [-0.2, 0) is 15.9 Å². The van der Waals surface area contributed by atoms with E-state index in [9.17, 15) is 0 Å². The summed E-state index contributed by atoms with van der Waals surface area (Å²) >= 11 is 0. The Morgan fingerprint density at radius 1 is 1.00 bits per heavy atom. The van der Waals surface area contributed by atoms with Gasteiger partial charge in [-0.25, -0.2) is 0 Å². The second-order valence-corrected chi connectivity index (χ2v) is 8.03. The van der Waals surface area contributed by atoms with E-state index in [4.69, 9.17) is 14.9 Å². The number of nitrogens with two attached hydrogens (primary N) is 1. The normalized spacial score (nSPS) is 15.7. The number of hydrogen-bond donors (Lipinski definition) is 1. The molecule has 3 rings (SSSR count). The van der Waals surface area contributed by atoms with E-state index in [1.165, 1.54) is 38.6 Å². The predicted octanol–water partition coefficient (Wildman–Crippen LogP) is 4.80. The van der Waals surface area contributed by atoms with Gasteiger partial charge in [0.15, 0.2) is 5.76 Å². The Balaban J connectivity index is 2.36. The fourth-order valence-corrected chi connectivity index (χ4v) is 4.28. The molecule has 3 heteroatoms. The van der Waals surface area contributed by atoms with Gasteiger partial charge in [0, 0.05) is 5.57 Å². The van der Waals surface area contributed by atoms with Gasteiger partial charge in [0.2, 0.25) is 5.71 Å².